The monoisotopic (exact) mass is 191 g/mol. The molecule has 1 aliphatic rings. The lowest BCUT2D eigenvalue weighted by Crippen LogP contribution is -2.29. The molecule has 0 saturated heterocycles. The molecule has 0 saturated carbocycles. The zero-order valence-corrected chi connectivity index (χ0v) is 9.42. The molecule has 0 bridgehead atoms. The van der Waals surface area contributed by atoms with Crippen molar-refractivity contribution in [3.05, 3.63) is 11.6 Å². The van der Waals surface area contributed by atoms with Crippen LogP contribution in [-0.2, 0) is 0 Å². The normalized spacial score (nSPS) is 18.9. The summed E-state index contributed by atoms with van der Waals surface area (Å²) in [6.45, 7) is 3.02. The predicted octanol–water partition coefficient (Wildman–Crippen LogP) is 2.83. The van der Waals surface area contributed by atoms with Gasteiger partial charge in [-0.05, 0) is 46.1 Å². The van der Waals surface area contributed by atoms with E-state index in [-0.39, 0.29) is 0 Å². The van der Waals surface area contributed by atoms with Crippen LogP contribution in [0, 0.1) is 12.3 Å². The van der Waals surface area contributed by atoms with Crippen LogP contribution in [0.2, 0.25) is 0 Å². The summed E-state index contributed by atoms with van der Waals surface area (Å²) in [6, 6.07) is 0.579. The van der Waals surface area contributed by atoms with Crippen LogP contribution in [0.4, 0.5) is 0 Å². The fraction of sp³-hybridized carbons (Fsp3) is 0.692. The largest absolute Gasteiger partial charge is 0.292 e. The van der Waals surface area contributed by atoms with Crippen LogP contribution in [0.1, 0.15) is 39.0 Å². The third-order valence-corrected chi connectivity index (χ3v) is 3.04. The molecule has 0 aromatic heterocycles. The van der Waals surface area contributed by atoms with Crippen LogP contribution in [-0.4, -0.2) is 24.5 Å². The van der Waals surface area contributed by atoms with Crippen molar-refractivity contribution in [1.29, 1.82) is 0 Å². The maximum atomic E-state index is 5.29. The highest BCUT2D eigenvalue weighted by atomic mass is 15.1. The average Bonchev–Trinajstić information content (AvgIpc) is 2.19. The lowest BCUT2D eigenvalue weighted by Gasteiger charge is -2.24. The van der Waals surface area contributed by atoms with Gasteiger partial charge in [-0.3, -0.25) is 4.90 Å². The van der Waals surface area contributed by atoms with Crippen molar-refractivity contribution < 1.29 is 0 Å². The van der Waals surface area contributed by atoms with Crippen LogP contribution < -0.4 is 0 Å². The average molecular weight is 191 g/mol. The molecule has 1 heteroatoms. The van der Waals surface area contributed by atoms with E-state index in [9.17, 15) is 0 Å². The molecule has 0 N–H and O–H groups in total. The lowest BCUT2D eigenvalue weighted by molar-refractivity contribution is 0.284. The third kappa shape index (κ3) is 3.55. The van der Waals surface area contributed by atoms with Crippen LogP contribution in [0.3, 0.4) is 0 Å². The molecule has 0 amide bonds. The highest BCUT2D eigenvalue weighted by molar-refractivity contribution is 5.07. The first-order chi connectivity index (χ1) is 6.74. The lowest BCUT2D eigenvalue weighted by atomic mass is 9.94. The molecule has 0 aromatic rings. The van der Waals surface area contributed by atoms with Crippen molar-refractivity contribution in [1.82, 2.24) is 4.90 Å². The van der Waals surface area contributed by atoms with Crippen molar-refractivity contribution in [2.45, 2.75) is 45.1 Å². The Bertz CT molecular complexity index is 234. The molecule has 0 aliphatic heterocycles. The summed E-state index contributed by atoms with van der Waals surface area (Å²) in [6.07, 6.45) is 14.2. The second-order valence-corrected chi connectivity index (χ2v) is 4.28. The first kappa shape index (κ1) is 11.3. The summed E-state index contributed by atoms with van der Waals surface area (Å²) in [5, 5.41) is 0. The minimum atomic E-state index is 0.579. The van der Waals surface area contributed by atoms with Gasteiger partial charge >= 0.3 is 0 Å². The Kier molecular flexibility index (Phi) is 4.76. The van der Waals surface area contributed by atoms with Gasteiger partial charge in [-0.25, -0.2) is 0 Å². The van der Waals surface area contributed by atoms with Gasteiger partial charge < -0.3 is 0 Å². The predicted molar refractivity (Wildman–Crippen MR) is 62.1 cm³/mol. The first-order valence-corrected chi connectivity index (χ1v) is 5.55. The molecule has 1 nitrogen and oxygen atoms in total. The molecule has 0 radical (unpaired) electrons. The SMILES string of the molecule is C#CCN(C)C(C)CC1=CCCCC1. The van der Waals surface area contributed by atoms with Gasteiger partial charge in [0.1, 0.15) is 0 Å². The highest BCUT2D eigenvalue weighted by Crippen LogP contribution is 2.22. The van der Waals surface area contributed by atoms with E-state index in [2.05, 4.69) is 30.9 Å². The van der Waals surface area contributed by atoms with Crippen molar-refractivity contribution in [2.24, 2.45) is 0 Å². The third-order valence-electron chi connectivity index (χ3n) is 3.04. The van der Waals surface area contributed by atoms with E-state index >= 15 is 0 Å². The van der Waals surface area contributed by atoms with Gasteiger partial charge in [-0.15, -0.1) is 6.42 Å². The van der Waals surface area contributed by atoms with Gasteiger partial charge in [-0.2, -0.15) is 0 Å². The Balaban J connectivity index is 2.35. The number of rotatable bonds is 4. The van der Waals surface area contributed by atoms with Gasteiger partial charge in [-0.1, -0.05) is 17.6 Å². The Morgan fingerprint density at radius 1 is 1.57 bits per heavy atom. The summed E-state index contributed by atoms with van der Waals surface area (Å²) >= 11 is 0. The van der Waals surface area contributed by atoms with Gasteiger partial charge in [0.2, 0.25) is 0 Å². The van der Waals surface area contributed by atoms with Crippen molar-refractivity contribution in [3.8, 4) is 12.3 Å². The smallest absolute Gasteiger partial charge is 0.0598 e. The van der Waals surface area contributed by atoms with Crippen LogP contribution in [0.15, 0.2) is 11.6 Å². The van der Waals surface area contributed by atoms with Crippen molar-refractivity contribution in [2.75, 3.05) is 13.6 Å². The first-order valence-electron chi connectivity index (χ1n) is 5.55. The number of allylic oxidation sites excluding steroid dienone is 1. The van der Waals surface area contributed by atoms with Gasteiger partial charge in [0.15, 0.2) is 0 Å². The van der Waals surface area contributed by atoms with E-state index in [4.69, 9.17) is 6.42 Å². The van der Waals surface area contributed by atoms with Gasteiger partial charge in [0, 0.05) is 6.04 Å². The number of terminal acetylenes is 1. The summed E-state index contributed by atoms with van der Waals surface area (Å²) in [5.41, 5.74) is 1.63. The quantitative estimate of drug-likeness (QED) is 0.488. The molecular formula is C13H21N. The summed E-state index contributed by atoms with van der Waals surface area (Å²) in [4.78, 5) is 2.25. The van der Waals surface area contributed by atoms with E-state index < -0.39 is 0 Å². The Morgan fingerprint density at radius 2 is 2.36 bits per heavy atom. The highest BCUT2D eigenvalue weighted by Gasteiger charge is 2.11. The minimum absolute atomic E-state index is 0.579. The summed E-state index contributed by atoms with van der Waals surface area (Å²) < 4.78 is 0. The number of hydrogen-bond donors (Lipinski definition) is 0. The second kappa shape index (κ2) is 5.88. The molecule has 1 atom stereocenters. The van der Waals surface area contributed by atoms with Gasteiger partial charge in [0.25, 0.3) is 0 Å². The van der Waals surface area contributed by atoms with E-state index in [1.165, 1.54) is 32.1 Å². The van der Waals surface area contributed by atoms with E-state index in [0.717, 1.165) is 6.54 Å². The minimum Gasteiger partial charge on any atom is -0.292 e. The Labute approximate surface area is 88.2 Å². The molecule has 0 heterocycles. The van der Waals surface area contributed by atoms with Crippen LogP contribution in [0.5, 0.6) is 0 Å². The van der Waals surface area contributed by atoms with Crippen molar-refractivity contribution >= 4 is 0 Å². The number of hydrogen-bond acceptors (Lipinski definition) is 1. The standard InChI is InChI=1S/C13H21N/c1-4-10-14(3)12(2)11-13-8-6-5-7-9-13/h1,8,12H,5-7,9-11H2,2-3H3. The topological polar surface area (TPSA) is 3.24 Å². The molecule has 0 aromatic carbocycles. The molecular weight excluding hydrogens is 170 g/mol. The zero-order valence-electron chi connectivity index (χ0n) is 9.42. The summed E-state index contributed by atoms with van der Waals surface area (Å²) in [7, 11) is 2.11. The number of nitrogens with zero attached hydrogens (tertiary/aromatic N) is 1. The van der Waals surface area contributed by atoms with Crippen LogP contribution in [0.25, 0.3) is 0 Å². The van der Waals surface area contributed by atoms with E-state index in [0.29, 0.717) is 6.04 Å². The molecule has 0 spiro atoms. The maximum absolute atomic E-state index is 5.29. The Morgan fingerprint density at radius 3 is 2.93 bits per heavy atom. The Hall–Kier alpha value is -0.740. The molecule has 1 rings (SSSR count). The molecule has 1 unspecified atom stereocenters. The van der Waals surface area contributed by atoms with E-state index in [1.807, 2.05) is 0 Å². The zero-order chi connectivity index (χ0) is 10.4. The summed E-state index contributed by atoms with van der Waals surface area (Å²) in [5.74, 6) is 2.69. The maximum Gasteiger partial charge on any atom is 0.0598 e. The van der Waals surface area contributed by atoms with Gasteiger partial charge in [0.05, 0.1) is 6.54 Å². The fourth-order valence-corrected chi connectivity index (χ4v) is 1.93. The molecule has 14 heavy (non-hydrogen) atoms. The van der Waals surface area contributed by atoms with Crippen LogP contribution >= 0.6 is 0 Å². The van der Waals surface area contributed by atoms with E-state index in [1.54, 1.807) is 5.57 Å². The fourth-order valence-electron chi connectivity index (χ4n) is 1.93. The second-order valence-electron chi connectivity index (χ2n) is 4.28. The molecule has 1 aliphatic carbocycles. The molecule has 78 valence electrons. The molecule has 0 fully saturated rings. The van der Waals surface area contributed by atoms with Crippen molar-refractivity contribution in [3.63, 3.8) is 0 Å².